The van der Waals surface area contributed by atoms with Crippen LogP contribution in [0.15, 0.2) is 30.3 Å². The minimum atomic E-state index is 0.271. The Balaban J connectivity index is 2.20. The number of rotatable bonds is 7. The minimum Gasteiger partial charge on any atom is -0.493 e. The maximum Gasteiger partial charge on any atom is 0.161 e. The second-order valence-corrected chi connectivity index (χ2v) is 6.13. The summed E-state index contributed by atoms with van der Waals surface area (Å²) in [5.74, 6) is 1.54. The lowest BCUT2D eigenvalue weighted by Gasteiger charge is -2.18. The average Bonchev–Trinajstić information content (AvgIpc) is 2.99. The standard InChI is InChI=1S/C17H23NO2S/c1-5-13-7-8-14(21-13)11-15(18-2)12-6-9-16(19-3)17(10-12)20-4/h6-10,15,18H,5,11H2,1-4H3. The molecule has 1 atom stereocenters. The van der Waals surface area contributed by atoms with Crippen molar-refractivity contribution in [2.45, 2.75) is 25.8 Å². The largest absolute Gasteiger partial charge is 0.493 e. The molecule has 0 saturated carbocycles. The number of ether oxygens (including phenoxy) is 2. The zero-order valence-electron chi connectivity index (χ0n) is 13.1. The second kappa shape index (κ2) is 7.48. The van der Waals surface area contributed by atoms with Crippen LogP contribution in [0, 0.1) is 0 Å². The molecule has 4 heteroatoms. The van der Waals surface area contributed by atoms with Crippen LogP contribution in [0.4, 0.5) is 0 Å². The molecule has 0 amide bonds. The van der Waals surface area contributed by atoms with Gasteiger partial charge in [0.1, 0.15) is 0 Å². The zero-order valence-corrected chi connectivity index (χ0v) is 13.9. The molecule has 0 spiro atoms. The Labute approximate surface area is 130 Å². The van der Waals surface area contributed by atoms with Gasteiger partial charge in [-0.25, -0.2) is 0 Å². The van der Waals surface area contributed by atoms with Gasteiger partial charge in [0.05, 0.1) is 14.2 Å². The Morgan fingerprint density at radius 3 is 2.33 bits per heavy atom. The van der Waals surface area contributed by atoms with Crippen molar-refractivity contribution >= 4 is 11.3 Å². The van der Waals surface area contributed by atoms with Crippen LogP contribution in [0.1, 0.15) is 28.3 Å². The lowest BCUT2D eigenvalue weighted by atomic mass is 10.0. The van der Waals surface area contributed by atoms with E-state index in [1.165, 1.54) is 15.3 Å². The van der Waals surface area contributed by atoms with E-state index in [0.29, 0.717) is 0 Å². The molecule has 3 nitrogen and oxygen atoms in total. The molecule has 2 rings (SSSR count). The minimum absolute atomic E-state index is 0.271. The maximum atomic E-state index is 5.39. The van der Waals surface area contributed by atoms with Crippen molar-refractivity contribution in [2.24, 2.45) is 0 Å². The van der Waals surface area contributed by atoms with Crippen LogP contribution in [0.3, 0.4) is 0 Å². The summed E-state index contributed by atoms with van der Waals surface area (Å²) >= 11 is 1.89. The Morgan fingerprint density at radius 1 is 1.05 bits per heavy atom. The summed E-state index contributed by atoms with van der Waals surface area (Å²) in [4.78, 5) is 2.84. The SMILES string of the molecule is CCc1ccc(CC(NC)c2ccc(OC)c(OC)c2)s1. The average molecular weight is 305 g/mol. The Kier molecular flexibility index (Phi) is 5.65. The van der Waals surface area contributed by atoms with E-state index >= 15 is 0 Å². The van der Waals surface area contributed by atoms with Gasteiger partial charge < -0.3 is 14.8 Å². The van der Waals surface area contributed by atoms with Gasteiger partial charge in [-0.3, -0.25) is 0 Å². The molecular formula is C17H23NO2S. The molecular weight excluding hydrogens is 282 g/mol. The highest BCUT2D eigenvalue weighted by Gasteiger charge is 2.14. The van der Waals surface area contributed by atoms with E-state index in [-0.39, 0.29) is 6.04 Å². The van der Waals surface area contributed by atoms with Gasteiger partial charge in [-0.2, -0.15) is 0 Å². The van der Waals surface area contributed by atoms with E-state index in [0.717, 1.165) is 24.3 Å². The topological polar surface area (TPSA) is 30.5 Å². The van der Waals surface area contributed by atoms with Crippen LogP contribution in [0.2, 0.25) is 0 Å². The molecule has 1 aromatic carbocycles. The Morgan fingerprint density at radius 2 is 1.76 bits per heavy atom. The number of hydrogen-bond donors (Lipinski definition) is 1. The molecule has 0 radical (unpaired) electrons. The summed E-state index contributed by atoms with van der Waals surface area (Å²) in [6, 6.07) is 10.8. The van der Waals surface area contributed by atoms with Crippen LogP contribution < -0.4 is 14.8 Å². The van der Waals surface area contributed by atoms with E-state index in [4.69, 9.17) is 9.47 Å². The van der Waals surface area contributed by atoms with Gasteiger partial charge in [-0.05, 0) is 43.3 Å². The van der Waals surface area contributed by atoms with Crippen molar-refractivity contribution in [2.75, 3.05) is 21.3 Å². The van der Waals surface area contributed by atoms with Crippen molar-refractivity contribution in [3.8, 4) is 11.5 Å². The summed E-state index contributed by atoms with van der Waals surface area (Å²) in [5, 5.41) is 3.39. The number of benzene rings is 1. The first-order valence-electron chi connectivity index (χ1n) is 7.18. The normalized spacial score (nSPS) is 12.2. The fourth-order valence-corrected chi connectivity index (χ4v) is 3.38. The van der Waals surface area contributed by atoms with Crippen molar-refractivity contribution in [3.63, 3.8) is 0 Å². The van der Waals surface area contributed by atoms with Gasteiger partial charge in [-0.15, -0.1) is 11.3 Å². The van der Waals surface area contributed by atoms with Gasteiger partial charge in [0.25, 0.3) is 0 Å². The van der Waals surface area contributed by atoms with Crippen molar-refractivity contribution in [1.29, 1.82) is 0 Å². The third kappa shape index (κ3) is 3.77. The quantitative estimate of drug-likeness (QED) is 0.843. The number of methoxy groups -OCH3 is 2. The van der Waals surface area contributed by atoms with Gasteiger partial charge in [0.15, 0.2) is 11.5 Å². The number of hydrogen-bond acceptors (Lipinski definition) is 4. The van der Waals surface area contributed by atoms with Crippen molar-refractivity contribution < 1.29 is 9.47 Å². The van der Waals surface area contributed by atoms with Crippen LogP contribution in [-0.4, -0.2) is 21.3 Å². The molecule has 0 aliphatic heterocycles. The van der Waals surface area contributed by atoms with E-state index in [1.807, 2.05) is 30.5 Å². The lowest BCUT2D eigenvalue weighted by molar-refractivity contribution is 0.354. The summed E-state index contributed by atoms with van der Waals surface area (Å²) in [7, 11) is 5.32. The predicted molar refractivity (Wildman–Crippen MR) is 88.7 cm³/mol. The lowest BCUT2D eigenvalue weighted by Crippen LogP contribution is -2.18. The Bertz CT molecular complexity index is 580. The van der Waals surface area contributed by atoms with Crippen molar-refractivity contribution in [3.05, 3.63) is 45.6 Å². The van der Waals surface area contributed by atoms with Crippen molar-refractivity contribution in [1.82, 2.24) is 5.32 Å². The summed E-state index contributed by atoms with van der Waals surface area (Å²) < 4.78 is 10.7. The number of thiophene rings is 1. The predicted octanol–water partition coefficient (Wildman–Crippen LogP) is 3.83. The van der Waals surface area contributed by atoms with Crippen LogP contribution in [0.25, 0.3) is 0 Å². The molecule has 0 fully saturated rings. The van der Waals surface area contributed by atoms with Gasteiger partial charge >= 0.3 is 0 Å². The highest BCUT2D eigenvalue weighted by molar-refractivity contribution is 7.11. The molecule has 1 heterocycles. The monoisotopic (exact) mass is 305 g/mol. The highest BCUT2D eigenvalue weighted by Crippen LogP contribution is 2.31. The zero-order chi connectivity index (χ0) is 15.2. The fraction of sp³-hybridized carbons (Fsp3) is 0.412. The molecule has 1 N–H and O–H groups in total. The van der Waals surface area contributed by atoms with Gasteiger partial charge in [0, 0.05) is 22.2 Å². The Hall–Kier alpha value is -1.52. The molecule has 114 valence electrons. The van der Waals surface area contributed by atoms with E-state index in [1.54, 1.807) is 14.2 Å². The fourth-order valence-electron chi connectivity index (χ4n) is 2.38. The molecule has 21 heavy (non-hydrogen) atoms. The second-order valence-electron chi connectivity index (χ2n) is 4.88. The number of likely N-dealkylation sites (N-methyl/N-ethyl adjacent to an activating group) is 1. The smallest absolute Gasteiger partial charge is 0.161 e. The highest BCUT2D eigenvalue weighted by atomic mass is 32.1. The molecule has 0 bridgehead atoms. The first-order valence-corrected chi connectivity index (χ1v) is 8.00. The van der Waals surface area contributed by atoms with Crippen LogP contribution >= 0.6 is 11.3 Å². The molecule has 1 aromatic heterocycles. The molecule has 0 aliphatic rings. The van der Waals surface area contributed by atoms with Gasteiger partial charge in [0.2, 0.25) is 0 Å². The number of nitrogens with one attached hydrogen (secondary N) is 1. The van der Waals surface area contributed by atoms with Crippen LogP contribution in [0.5, 0.6) is 11.5 Å². The molecule has 0 saturated heterocycles. The first-order chi connectivity index (χ1) is 10.2. The summed E-state index contributed by atoms with van der Waals surface area (Å²) in [5.41, 5.74) is 1.21. The third-order valence-corrected chi connectivity index (χ3v) is 4.88. The first kappa shape index (κ1) is 15.9. The maximum absolute atomic E-state index is 5.39. The summed E-state index contributed by atoms with van der Waals surface area (Å²) in [6.07, 6.45) is 2.09. The summed E-state index contributed by atoms with van der Waals surface area (Å²) in [6.45, 7) is 2.19. The molecule has 0 aliphatic carbocycles. The van der Waals surface area contributed by atoms with E-state index < -0.39 is 0 Å². The van der Waals surface area contributed by atoms with E-state index in [2.05, 4.69) is 30.4 Å². The van der Waals surface area contributed by atoms with Gasteiger partial charge in [-0.1, -0.05) is 13.0 Å². The van der Waals surface area contributed by atoms with Crippen LogP contribution in [-0.2, 0) is 12.8 Å². The molecule has 1 unspecified atom stereocenters. The van der Waals surface area contributed by atoms with E-state index in [9.17, 15) is 0 Å². The molecule has 2 aromatic rings. The third-order valence-electron chi connectivity index (χ3n) is 3.63. The number of aryl methyl sites for hydroxylation is 1.